The fraction of sp³-hybridized carbons (Fsp3) is 0.294. The molecule has 0 saturated heterocycles. The van der Waals surface area contributed by atoms with Crippen molar-refractivity contribution < 1.29 is 17.6 Å². The van der Waals surface area contributed by atoms with E-state index < -0.39 is 10.0 Å². The topological polar surface area (TPSA) is 92.0 Å². The zero-order valence-corrected chi connectivity index (χ0v) is 15.8. The van der Waals surface area contributed by atoms with E-state index in [2.05, 4.69) is 9.71 Å². The van der Waals surface area contributed by atoms with Crippen LogP contribution in [0.3, 0.4) is 0 Å². The smallest absolute Gasteiger partial charge is 0.286 e. The molecule has 0 unspecified atom stereocenters. The van der Waals surface area contributed by atoms with Gasteiger partial charge >= 0.3 is 0 Å². The van der Waals surface area contributed by atoms with Gasteiger partial charge in [-0.1, -0.05) is 30.8 Å². The Bertz CT molecular complexity index is 908. The van der Waals surface area contributed by atoms with Gasteiger partial charge in [0.1, 0.15) is 10.7 Å². The molecule has 0 bridgehead atoms. The molecular formula is C17H19N3O4S2. The molecule has 138 valence electrons. The lowest BCUT2D eigenvalue weighted by Gasteiger charge is -2.29. The molecule has 1 aliphatic rings. The molecule has 1 N–H and O–H groups in total. The molecule has 26 heavy (non-hydrogen) atoms. The first-order valence-electron chi connectivity index (χ1n) is 8.14. The maximum Gasteiger partial charge on any atom is 0.286 e. The normalized spacial score (nSPS) is 15.3. The second kappa shape index (κ2) is 7.96. The Kier molecular flexibility index (Phi) is 5.67. The van der Waals surface area contributed by atoms with E-state index in [-0.39, 0.29) is 16.6 Å². The first-order valence-corrected chi connectivity index (χ1v) is 10.6. The third kappa shape index (κ3) is 4.10. The highest BCUT2D eigenvalue weighted by atomic mass is 32.2. The molecule has 9 heteroatoms. The van der Waals surface area contributed by atoms with Crippen molar-refractivity contribution in [1.29, 1.82) is 0 Å². The van der Waals surface area contributed by atoms with Gasteiger partial charge in [0.05, 0.1) is 24.2 Å². The molecule has 0 aliphatic carbocycles. The van der Waals surface area contributed by atoms with Crippen molar-refractivity contribution in [2.45, 2.75) is 24.8 Å². The van der Waals surface area contributed by atoms with Gasteiger partial charge < -0.3 is 14.6 Å². The van der Waals surface area contributed by atoms with Gasteiger partial charge in [-0.15, -0.1) is 4.40 Å². The minimum atomic E-state index is -3.76. The maximum atomic E-state index is 12.4. The summed E-state index contributed by atoms with van der Waals surface area (Å²) >= 11 is 1.11. The Morgan fingerprint density at radius 3 is 2.81 bits per heavy atom. The predicted octanol–water partition coefficient (Wildman–Crippen LogP) is 2.60. The SMILES string of the molecule is CCCN1C(SCC(=O)NCc2ccco2)=NS(=O)(=O)c2ccccc21. The number of nitrogens with one attached hydrogen (secondary N) is 1. The monoisotopic (exact) mass is 393 g/mol. The average Bonchev–Trinajstić information content (AvgIpc) is 3.14. The number of hydrogen-bond donors (Lipinski definition) is 1. The molecule has 0 saturated carbocycles. The number of carbonyl (C=O) groups excluding carboxylic acids is 1. The average molecular weight is 393 g/mol. The standard InChI is InChI=1S/C17H19N3O4S2/c1-2-9-20-14-7-3-4-8-15(14)26(22,23)19-17(20)25-12-16(21)18-11-13-6-5-10-24-13/h3-8,10H,2,9,11-12H2,1H3,(H,18,21). The van der Waals surface area contributed by atoms with Gasteiger partial charge in [-0.25, -0.2) is 0 Å². The van der Waals surface area contributed by atoms with Gasteiger partial charge in [-0.2, -0.15) is 8.42 Å². The van der Waals surface area contributed by atoms with Crippen LogP contribution < -0.4 is 10.2 Å². The highest BCUT2D eigenvalue weighted by molar-refractivity contribution is 8.15. The summed E-state index contributed by atoms with van der Waals surface area (Å²) in [5, 5.41) is 3.05. The van der Waals surface area contributed by atoms with Crippen LogP contribution >= 0.6 is 11.8 Å². The van der Waals surface area contributed by atoms with Crippen LogP contribution in [0.15, 0.2) is 56.4 Å². The Morgan fingerprint density at radius 1 is 1.27 bits per heavy atom. The number of nitrogens with zero attached hydrogens (tertiary/aromatic N) is 2. The number of benzene rings is 1. The van der Waals surface area contributed by atoms with Crippen LogP contribution in [0.1, 0.15) is 19.1 Å². The van der Waals surface area contributed by atoms with Crippen molar-refractivity contribution in [1.82, 2.24) is 5.32 Å². The number of furan rings is 1. The van der Waals surface area contributed by atoms with E-state index in [0.29, 0.717) is 29.7 Å². The molecule has 1 aromatic carbocycles. The van der Waals surface area contributed by atoms with Crippen LogP contribution in [0, 0.1) is 0 Å². The number of amides is 1. The molecule has 0 atom stereocenters. The van der Waals surface area contributed by atoms with Crippen LogP contribution in [-0.2, 0) is 21.4 Å². The van der Waals surface area contributed by atoms with E-state index in [0.717, 1.165) is 18.2 Å². The van der Waals surface area contributed by atoms with E-state index in [1.165, 1.54) is 6.26 Å². The third-order valence-electron chi connectivity index (χ3n) is 3.68. The fourth-order valence-electron chi connectivity index (χ4n) is 2.53. The molecule has 0 fully saturated rings. The summed E-state index contributed by atoms with van der Waals surface area (Å²) in [5.41, 5.74) is 0.600. The minimum Gasteiger partial charge on any atom is -0.467 e. The summed E-state index contributed by atoms with van der Waals surface area (Å²) in [4.78, 5) is 14.1. The zero-order valence-electron chi connectivity index (χ0n) is 14.2. The van der Waals surface area contributed by atoms with E-state index in [4.69, 9.17) is 4.42 Å². The number of hydrogen-bond acceptors (Lipinski definition) is 6. The number of rotatable bonds is 6. The Morgan fingerprint density at radius 2 is 2.08 bits per heavy atom. The summed E-state index contributed by atoms with van der Waals surface area (Å²) < 4.78 is 33.9. The second-order valence-corrected chi connectivity index (χ2v) is 8.13. The highest BCUT2D eigenvalue weighted by Gasteiger charge is 2.30. The lowest BCUT2D eigenvalue weighted by Crippen LogP contribution is -2.36. The molecule has 2 heterocycles. The van der Waals surface area contributed by atoms with Crippen molar-refractivity contribution in [3.63, 3.8) is 0 Å². The number of amidine groups is 1. The molecule has 0 radical (unpaired) electrons. The minimum absolute atomic E-state index is 0.0669. The zero-order chi connectivity index (χ0) is 18.6. The first kappa shape index (κ1) is 18.5. The van der Waals surface area contributed by atoms with Gasteiger partial charge in [0, 0.05) is 6.54 Å². The van der Waals surface area contributed by atoms with Crippen LogP contribution in [0.2, 0.25) is 0 Å². The van der Waals surface area contributed by atoms with E-state index in [9.17, 15) is 13.2 Å². The van der Waals surface area contributed by atoms with Gasteiger partial charge in [-0.05, 0) is 30.7 Å². The van der Waals surface area contributed by atoms with Crippen LogP contribution in [-0.4, -0.2) is 31.8 Å². The fourth-order valence-corrected chi connectivity index (χ4v) is 4.84. The molecule has 7 nitrogen and oxygen atoms in total. The number of thioether (sulfide) groups is 1. The summed E-state index contributed by atoms with van der Waals surface area (Å²) in [6.45, 7) is 2.91. The summed E-state index contributed by atoms with van der Waals surface area (Å²) in [6, 6.07) is 10.3. The van der Waals surface area contributed by atoms with Crippen molar-refractivity contribution in [3.8, 4) is 0 Å². The summed E-state index contributed by atoms with van der Waals surface area (Å²) in [5.74, 6) is 0.501. The molecule has 3 rings (SSSR count). The number of carbonyl (C=O) groups is 1. The van der Waals surface area contributed by atoms with Crippen molar-refractivity contribution in [3.05, 3.63) is 48.4 Å². The largest absolute Gasteiger partial charge is 0.467 e. The maximum absolute atomic E-state index is 12.4. The highest BCUT2D eigenvalue weighted by Crippen LogP contribution is 2.34. The molecule has 0 spiro atoms. The first-order chi connectivity index (χ1) is 12.5. The van der Waals surface area contributed by atoms with Crippen molar-refractivity contribution >= 4 is 38.5 Å². The molecule has 1 aliphatic heterocycles. The van der Waals surface area contributed by atoms with E-state index >= 15 is 0 Å². The number of anilines is 1. The quantitative estimate of drug-likeness (QED) is 0.811. The van der Waals surface area contributed by atoms with E-state index in [1.807, 2.05) is 11.8 Å². The van der Waals surface area contributed by atoms with Crippen molar-refractivity contribution in [2.75, 3.05) is 17.2 Å². The summed E-state index contributed by atoms with van der Waals surface area (Å²) in [6.07, 6.45) is 2.36. The van der Waals surface area contributed by atoms with Gasteiger partial charge in [0.2, 0.25) is 5.91 Å². The van der Waals surface area contributed by atoms with Crippen LogP contribution in [0.5, 0.6) is 0 Å². The number of sulfonamides is 1. The second-order valence-electron chi connectivity index (χ2n) is 5.61. The predicted molar refractivity (Wildman–Crippen MR) is 102 cm³/mol. The van der Waals surface area contributed by atoms with E-state index in [1.54, 1.807) is 36.4 Å². The van der Waals surface area contributed by atoms with Crippen LogP contribution in [0.25, 0.3) is 0 Å². The van der Waals surface area contributed by atoms with Gasteiger partial charge in [0.25, 0.3) is 10.0 Å². The molecule has 1 amide bonds. The Hall–Kier alpha value is -2.26. The Labute approximate surface area is 156 Å². The van der Waals surface area contributed by atoms with Crippen molar-refractivity contribution in [2.24, 2.45) is 4.40 Å². The molecular weight excluding hydrogens is 374 g/mol. The number of para-hydroxylation sites is 1. The molecule has 2 aromatic rings. The van der Waals surface area contributed by atoms with Gasteiger partial charge in [0.15, 0.2) is 5.17 Å². The number of fused-ring (bicyclic) bond motifs is 1. The van der Waals surface area contributed by atoms with Crippen LogP contribution in [0.4, 0.5) is 5.69 Å². The van der Waals surface area contributed by atoms with Gasteiger partial charge in [-0.3, -0.25) is 4.79 Å². The Balaban J connectivity index is 1.71. The molecule has 1 aromatic heterocycles. The lowest BCUT2D eigenvalue weighted by atomic mass is 10.3. The lowest BCUT2D eigenvalue weighted by molar-refractivity contribution is -0.118. The third-order valence-corrected chi connectivity index (χ3v) is 6.09. The summed E-state index contributed by atoms with van der Waals surface area (Å²) in [7, 11) is -3.76.